The minimum Gasteiger partial charge on any atom is -0.338 e. The number of halogens is 1. The first-order chi connectivity index (χ1) is 14.9. The van der Waals surface area contributed by atoms with Crippen molar-refractivity contribution in [3.63, 3.8) is 0 Å². The van der Waals surface area contributed by atoms with Crippen LogP contribution in [0.3, 0.4) is 0 Å². The summed E-state index contributed by atoms with van der Waals surface area (Å²) in [7, 11) is 0. The fourth-order valence-electron chi connectivity index (χ4n) is 4.71. The molecule has 0 saturated carbocycles. The first kappa shape index (κ1) is 21.0. The molecule has 2 fully saturated rings. The molecular formula is C24H26FN3O3. The highest BCUT2D eigenvalue weighted by molar-refractivity contribution is 5.96. The maximum atomic E-state index is 13.5. The van der Waals surface area contributed by atoms with Crippen molar-refractivity contribution >= 4 is 23.4 Å². The Morgan fingerprint density at radius 1 is 0.968 bits per heavy atom. The predicted molar refractivity (Wildman–Crippen MR) is 115 cm³/mol. The number of hydrogen-bond acceptors (Lipinski definition) is 3. The standard InChI is InChI=1S/C24H26FN3O3/c1-16(29)26-21-9-7-17(8-10-21)24(31)28-12-3-5-19-15-27(13-11-22(19)28)23(30)18-4-2-6-20(25)14-18/h2,4,6-10,14,19,22H,3,5,11-13,15H2,1H3,(H,26,29)/t19-,22+/m1/s1. The Labute approximate surface area is 181 Å². The van der Waals surface area contributed by atoms with Crippen LogP contribution >= 0.6 is 0 Å². The van der Waals surface area contributed by atoms with E-state index in [0.717, 1.165) is 12.8 Å². The average molecular weight is 423 g/mol. The molecule has 0 spiro atoms. The molecule has 31 heavy (non-hydrogen) atoms. The van der Waals surface area contributed by atoms with Crippen molar-refractivity contribution < 1.29 is 18.8 Å². The first-order valence-corrected chi connectivity index (χ1v) is 10.7. The highest BCUT2D eigenvalue weighted by Crippen LogP contribution is 2.32. The van der Waals surface area contributed by atoms with Gasteiger partial charge in [-0.1, -0.05) is 6.07 Å². The number of amides is 3. The van der Waals surface area contributed by atoms with Crippen molar-refractivity contribution in [2.45, 2.75) is 32.2 Å². The number of benzene rings is 2. The summed E-state index contributed by atoms with van der Waals surface area (Å²) in [6.45, 7) is 3.26. The van der Waals surface area contributed by atoms with E-state index in [9.17, 15) is 18.8 Å². The summed E-state index contributed by atoms with van der Waals surface area (Å²) >= 11 is 0. The Hall–Kier alpha value is -3.22. The van der Waals surface area contributed by atoms with Crippen LogP contribution in [-0.4, -0.2) is 53.2 Å². The minimum atomic E-state index is -0.417. The summed E-state index contributed by atoms with van der Waals surface area (Å²) in [5.41, 5.74) is 1.61. The third kappa shape index (κ3) is 4.60. The second kappa shape index (κ2) is 8.88. The largest absolute Gasteiger partial charge is 0.338 e. The summed E-state index contributed by atoms with van der Waals surface area (Å²) < 4.78 is 13.5. The Balaban J connectivity index is 1.44. The molecule has 2 heterocycles. The number of anilines is 1. The van der Waals surface area contributed by atoms with Gasteiger partial charge in [0.05, 0.1) is 0 Å². The van der Waals surface area contributed by atoms with Gasteiger partial charge in [0, 0.05) is 49.4 Å². The van der Waals surface area contributed by atoms with Crippen LogP contribution in [0.5, 0.6) is 0 Å². The number of carbonyl (C=O) groups is 3. The first-order valence-electron chi connectivity index (χ1n) is 10.7. The SMILES string of the molecule is CC(=O)Nc1ccc(C(=O)N2CCC[C@@H]3CN(C(=O)c4cccc(F)c4)CC[C@@H]32)cc1. The van der Waals surface area contributed by atoms with Gasteiger partial charge >= 0.3 is 0 Å². The Kier molecular flexibility index (Phi) is 6.02. The van der Waals surface area contributed by atoms with Gasteiger partial charge in [-0.3, -0.25) is 14.4 Å². The van der Waals surface area contributed by atoms with E-state index in [1.165, 1.54) is 19.1 Å². The van der Waals surface area contributed by atoms with E-state index >= 15 is 0 Å². The van der Waals surface area contributed by atoms with Crippen molar-refractivity contribution in [3.8, 4) is 0 Å². The molecule has 2 aromatic rings. The van der Waals surface area contributed by atoms with Crippen LogP contribution in [0, 0.1) is 11.7 Å². The molecule has 0 unspecified atom stereocenters. The normalized spacial score (nSPS) is 20.7. The molecule has 4 rings (SSSR count). The van der Waals surface area contributed by atoms with Crippen LogP contribution in [0.1, 0.15) is 46.9 Å². The van der Waals surface area contributed by atoms with Crippen molar-refractivity contribution in [2.24, 2.45) is 5.92 Å². The molecular weight excluding hydrogens is 397 g/mol. The van der Waals surface area contributed by atoms with E-state index in [1.54, 1.807) is 41.3 Å². The Morgan fingerprint density at radius 2 is 1.74 bits per heavy atom. The van der Waals surface area contributed by atoms with Gasteiger partial charge in [-0.25, -0.2) is 4.39 Å². The monoisotopic (exact) mass is 423 g/mol. The topological polar surface area (TPSA) is 69.7 Å². The molecule has 0 radical (unpaired) electrons. The zero-order chi connectivity index (χ0) is 22.0. The Morgan fingerprint density at radius 3 is 2.45 bits per heavy atom. The van der Waals surface area contributed by atoms with E-state index in [1.807, 2.05) is 4.90 Å². The summed E-state index contributed by atoms with van der Waals surface area (Å²) in [5, 5.41) is 2.70. The number of likely N-dealkylation sites (tertiary alicyclic amines) is 2. The second-order valence-corrected chi connectivity index (χ2v) is 8.28. The number of carbonyl (C=O) groups excluding carboxylic acids is 3. The summed E-state index contributed by atoms with van der Waals surface area (Å²) in [6.07, 6.45) is 2.56. The van der Waals surface area contributed by atoms with Crippen molar-refractivity contribution in [2.75, 3.05) is 25.0 Å². The molecule has 162 valence electrons. The van der Waals surface area contributed by atoms with E-state index in [-0.39, 0.29) is 29.7 Å². The second-order valence-electron chi connectivity index (χ2n) is 8.28. The minimum absolute atomic E-state index is 0.0195. The van der Waals surface area contributed by atoms with E-state index in [4.69, 9.17) is 0 Å². The summed E-state index contributed by atoms with van der Waals surface area (Å²) in [5.74, 6) is -0.538. The van der Waals surface area contributed by atoms with E-state index < -0.39 is 5.82 Å². The maximum Gasteiger partial charge on any atom is 0.254 e. The number of piperidine rings is 2. The molecule has 2 aromatic carbocycles. The molecule has 0 aliphatic carbocycles. The molecule has 2 aliphatic rings. The number of fused-ring (bicyclic) bond motifs is 1. The molecule has 2 saturated heterocycles. The van der Waals surface area contributed by atoms with Gasteiger partial charge in [0.15, 0.2) is 0 Å². The molecule has 1 N–H and O–H groups in total. The third-order valence-electron chi connectivity index (χ3n) is 6.14. The molecule has 2 atom stereocenters. The zero-order valence-electron chi connectivity index (χ0n) is 17.5. The molecule has 3 amide bonds. The zero-order valence-corrected chi connectivity index (χ0v) is 17.5. The molecule has 0 bridgehead atoms. The van der Waals surface area contributed by atoms with Gasteiger partial charge in [-0.2, -0.15) is 0 Å². The molecule has 0 aromatic heterocycles. The predicted octanol–water partition coefficient (Wildman–Crippen LogP) is 3.55. The quantitative estimate of drug-likeness (QED) is 0.821. The van der Waals surface area contributed by atoms with Gasteiger partial charge in [-0.05, 0) is 67.6 Å². The van der Waals surface area contributed by atoms with Crippen molar-refractivity contribution in [1.29, 1.82) is 0 Å². The maximum absolute atomic E-state index is 13.5. The van der Waals surface area contributed by atoms with E-state index in [2.05, 4.69) is 5.32 Å². The lowest BCUT2D eigenvalue weighted by atomic mass is 9.83. The van der Waals surface area contributed by atoms with Crippen LogP contribution in [0.15, 0.2) is 48.5 Å². The van der Waals surface area contributed by atoms with Crippen LogP contribution < -0.4 is 5.32 Å². The summed E-state index contributed by atoms with van der Waals surface area (Å²) in [6, 6.07) is 12.8. The fraction of sp³-hybridized carbons (Fsp3) is 0.375. The third-order valence-corrected chi connectivity index (χ3v) is 6.14. The van der Waals surface area contributed by atoms with Gasteiger partial charge < -0.3 is 15.1 Å². The number of rotatable bonds is 3. The highest BCUT2D eigenvalue weighted by Gasteiger charge is 2.39. The molecule has 7 heteroatoms. The summed E-state index contributed by atoms with van der Waals surface area (Å²) in [4.78, 5) is 40.9. The van der Waals surface area contributed by atoms with Gasteiger partial charge in [-0.15, -0.1) is 0 Å². The number of nitrogens with one attached hydrogen (secondary N) is 1. The number of nitrogens with zero attached hydrogens (tertiary/aromatic N) is 2. The van der Waals surface area contributed by atoms with Crippen LogP contribution in [0.2, 0.25) is 0 Å². The average Bonchev–Trinajstić information content (AvgIpc) is 2.77. The molecule has 2 aliphatic heterocycles. The number of hydrogen-bond donors (Lipinski definition) is 1. The lowest BCUT2D eigenvalue weighted by Gasteiger charge is -2.47. The van der Waals surface area contributed by atoms with Crippen molar-refractivity contribution in [3.05, 3.63) is 65.5 Å². The van der Waals surface area contributed by atoms with Gasteiger partial charge in [0.2, 0.25) is 5.91 Å². The smallest absolute Gasteiger partial charge is 0.254 e. The van der Waals surface area contributed by atoms with Gasteiger partial charge in [0.25, 0.3) is 11.8 Å². The Bertz CT molecular complexity index is 992. The highest BCUT2D eigenvalue weighted by atomic mass is 19.1. The van der Waals surface area contributed by atoms with Crippen LogP contribution in [-0.2, 0) is 4.79 Å². The molecule has 6 nitrogen and oxygen atoms in total. The lowest BCUT2D eigenvalue weighted by molar-refractivity contribution is -0.114. The van der Waals surface area contributed by atoms with Crippen LogP contribution in [0.25, 0.3) is 0 Å². The van der Waals surface area contributed by atoms with Gasteiger partial charge in [0.1, 0.15) is 5.82 Å². The van der Waals surface area contributed by atoms with E-state index in [0.29, 0.717) is 42.9 Å². The van der Waals surface area contributed by atoms with Crippen molar-refractivity contribution in [1.82, 2.24) is 9.80 Å². The fourth-order valence-corrected chi connectivity index (χ4v) is 4.71. The van der Waals surface area contributed by atoms with Crippen LogP contribution in [0.4, 0.5) is 10.1 Å². The lowest BCUT2D eigenvalue weighted by Crippen LogP contribution is -2.56.